The zero-order valence-corrected chi connectivity index (χ0v) is 12.4. The van der Waals surface area contributed by atoms with Crippen LogP contribution in [0.5, 0.6) is 0 Å². The van der Waals surface area contributed by atoms with E-state index in [9.17, 15) is 18.8 Å². The average Bonchev–Trinajstić information content (AvgIpc) is 2.47. The van der Waals surface area contributed by atoms with Gasteiger partial charge in [-0.3, -0.25) is 29.6 Å². The van der Waals surface area contributed by atoms with E-state index in [1.54, 1.807) is 0 Å². The van der Waals surface area contributed by atoms with Crippen molar-refractivity contribution in [1.29, 1.82) is 0 Å². The van der Waals surface area contributed by atoms with Gasteiger partial charge in [0.1, 0.15) is 11.6 Å². The Bertz CT molecular complexity index is 839. The Morgan fingerprint density at radius 3 is 2.55 bits per heavy atom. The van der Waals surface area contributed by atoms with E-state index in [2.05, 4.69) is 10.9 Å². The monoisotopic (exact) mass is 326 g/mol. The smallest absolute Gasteiger partial charge is 0.283 e. The van der Waals surface area contributed by atoms with Crippen LogP contribution in [0.4, 0.5) is 10.2 Å². The number of nitrogens with zero attached hydrogens (tertiary/aromatic N) is 2. The van der Waals surface area contributed by atoms with Gasteiger partial charge in [-0.1, -0.05) is 17.7 Å². The highest BCUT2D eigenvalue weighted by Gasteiger charge is 2.16. The SMILES string of the molecule is Cn1c(NNC(=O)c2c(F)cccc2Cl)cc(=O)n(C)c1=O. The summed E-state index contributed by atoms with van der Waals surface area (Å²) in [6.45, 7) is 0. The van der Waals surface area contributed by atoms with Crippen molar-refractivity contribution in [3.63, 3.8) is 0 Å². The highest BCUT2D eigenvalue weighted by atomic mass is 35.5. The molecule has 9 heteroatoms. The lowest BCUT2D eigenvalue weighted by Gasteiger charge is -2.13. The number of hydrogen-bond donors (Lipinski definition) is 2. The molecule has 0 fully saturated rings. The van der Waals surface area contributed by atoms with Gasteiger partial charge in [0.25, 0.3) is 11.5 Å². The van der Waals surface area contributed by atoms with Gasteiger partial charge < -0.3 is 0 Å². The van der Waals surface area contributed by atoms with Crippen molar-refractivity contribution >= 4 is 23.3 Å². The fourth-order valence-corrected chi connectivity index (χ4v) is 2.00. The van der Waals surface area contributed by atoms with Crippen LogP contribution in [-0.2, 0) is 14.1 Å². The second-order valence-electron chi connectivity index (χ2n) is 4.44. The Kier molecular flexibility index (Phi) is 4.32. The molecule has 1 heterocycles. The van der Waals surface area contributed by atoms with Crippen molar-refractivity contribution in [2.24, 2.45) is 14.1 Å². The number of hydrogen-bond acceptors (Lipinski definition) is 4. The predicted molar refractivity (Wildman–Crippen MR) is 79.4 cm³/mol. The van der Waals surface area contributed by atoms with Gasteiger partial charge in [0.05, 0.1) is 10.6 Å². The van der Waals surface area contributed by atoms with Crippen molar-refractivity contribution < 1.29 is 9.18 Å². The maximum atomic E-state index is 13.6. The molecule has 1 amide bonds. The largest absolute Gasteiger partial charge is 0.332 e. The molecule has 0 radical (unpaired) electrons. The molecule has 2 N–H and O–H groups in total. The summed E-state index contributed by atoms with van der Waals surface area (Å²) >= 11 is 5.77. The molecule has 0 spiro atoms. The Morgan fingerprint density at radius 2 is 1.91 bits per heavy atom. The maximum absolute atomic E-state index is 13.6. The third kappa shape index (κ3) is 2.86. The number of benzene rings is 1. The fraction of sp³-hybridized carbons (Fsp3) is 0.154. The van der Waals surface area contributed by atoms with Crippen molar-refractivity contribution in [2.75, 3.05) is 5.43 Å². The van der Waals surface area contributed by atoms with Gasteiger partial charge in [0, 0.05) is 20.2 Å². The zero-order valence-electron chi connectivity index (χ0n) is 11.7. The van der Waals surface area contributed by atoms with E-state index in [-0.39, 0.29) is 16.4 Å². The number of nitrogens with one attached hydrogen (secondary N) is 2. The molecular formula is C13H12ClFN4O3. The summed E-state index contributed by atoms with van der Waals surface area (Å²) in [5, 5.41) is -0.0582. The maximum Gasteiger partial charge on any atom is 0.332 e. The van der Waals surface area contributed by atoms with Gasteiger partial charge in [-0.2, -0.15) is 0 Å². The predicted octanol–water partition coefficient (Wildman–Crippen LogP) is 0.633. The first-order valence-electron chi connectivity index (χ1n) is 6.10. The lowest BCUT2D eigenvalue weighted by molar-refractivity contribution is 0.0958. The summed E-state index contributed by atoms with van der Waals surface area (Å²) < 4.78 is 15.6. The molecular weight excluding hydrogens is 315 g/mol. The molecule has 2 rings (SSSR count). The molecule has 0 saturated heterocycles. The lowest BCUT2D eigenvalue weighted by Crippen LogP contribution is -2.40. The van der Waals surface area contributed by atoms with Gasteiger partial charge in [0.15, 0.2) is 0 Å². The summed E-state index contributed by atoms with van der Waals surface area (Å²) in [6, 6.07) is 4.94. The van der Waals surface area contributed by atoms with E-state index < -0.39 is 23.0 Å². The van der Waals surface area contributed by atoms with Gasteiger partial charge in [-0.15, -0.1) is 0 Å². The molecule has 0 unspecified atom stereocenters. The van der Waals surface area contributed by atoms with Crippen LogP contribution < -0.4 is 22.1 Å². The molecule has 0 aliphatic heterocycles. The molecule has 0 aliphatic carbocycles. The molecule has 7 nitrogen and oxygen atoms in total. The Morgan fingerprint density at radius 1 is 1.23 bits per heavy atom. The minimum atomic E-state index is -0.837. The van der Waals surface area contributed by atoms with Crippen LogP contribution in [0.1, 0.15) is 10.4 Å². The Labute approximate surface area is 128 Å². The number of carbonyl (C=O) groups excluding carboxylic acids is 1. The van der Waals surface area contributed by atoms with Crippen LogP contribution in [0, 0.1) is 5.82 Å². The van der Waals surface area contributed by atoms with Crippen molar-refractivity contribution in [2.45, 2.75) is 0 Å². The van der Waals surface area contributed by atoms with E-state index in [1.165, 1.54) is 26.2 Å². The van der Waals surface area contributed by atoms with Crippen LogP contribution in [0.3, 0.4) is 0 Å². The molecule has 0 aliphatic rings. The van der Waals surface area contributed by atoms with Gasteiger partial charge >= 0.3 is 5.69 Å². The summed E-state index contributed by atoms with van der Waals surface area (Å²) in [5.74, 6) is -1.57. The van der Waals surface area contributed by atoms with E-state index >= 15 is 0 Å². The van der Waals surface area contributed by atoms with Crippen molar-refractivity contribution in [3.05, 3.63) is 61.5 Å². The number of aromatic nitrogens is 2. The third-order valence-electron chi connectivity index (χ3n) is 3.02. The average molecular weight is 327 g/mol. The molecule has 2 aromatic rings. The van der Waals surface area contributed by atoms with Crippen LogP contribution in [0.15, 0.2) is 33.9 Å². The molecule has 116 valence electrons. The Balaban J connectivity index is 2.26. The van der Waals surface area contributed by atoms with Crippen LogP contribution in [0.25, 0.3) is 0 Å². The quantitative estimate of drug-likeness (QED) is 0.810. The minimum absolute atomic E-state index is 0.0499. The Hall–Kier alpha value is -2.61. The number of anilines is 1. The summed E-state index contributed by atoms with van der Waals surface area (Å²) in [6.07, 6.45) is 0. The molecule has 1 aromatic heterocycles. The first-order chi connectivity index (χ1) is 10.3. The molecule has 1 aromatic carbocycles. The standard InChI is InChI=1S/C13H12ClFN4O3/c1-18-9(6-10(20)19(2)13(18)22)16-17-12(21)11-7(14)4-3-5-8(11)15/h3-6,16H,1-2H3,(H,17,21). The van der Waals surface area contributed by atoms with Gasteiger partial charge in [-0.25, -0.2) is 9.18 Å². The van der Waals surface area contributed by atoms with E-state index in [4.69, 9.17) is 11.6 Å². The van der Waals surface area contributed by atoms with Crippen molar-refractivity contribution in [1.82, 2.24) is 14.6 Å². The van der Waals surface area contributed by atoms with E-state index in [0.29, 0.717) is 0 Å². The first kappa shape index (κ1) is 15.8. The fourth-order valence-electron chi connectivity index (χ4n) is 1.75. The van der Waals surface area contributed by atoms with Crippen molar-refractivity contribution in [3.8, 4) is 0 Å². The molecule has 0 saturated carbocycles. The summed E-state index contributed by atoms with van der Waals surface area (Å²) in [7, 11) is 2.73. The molecule has 0 atom stereocenters. The summed E-state index contributed by atoms with van der Waals surface area (Å²) in [4.78, 5) is 35.2. The number of rotatable bonds is 3. The number of carbonyl (C=O) groups is 1. The number of amides is 1. The van der Waals surface area contributed by atoms with E-state index in [0.717, 1.165) is 21.3 Å². The summed E-state index contributed by atoms with van der Waals surface area (Å²) in [5.41, 5.74) is 3.12. The topological polar surface area (TPSA) is 85.1 Å². The molecule has 0 bridgehead atoms. The third-order valence-corrected chi connectivity index (χ3v) is 3.33. The van der Waals surface area contributed by atoms with Gasteiger partial charge in [-0.05, 0) is 12.1 Å². The first-order valence-corrected chi connectivity index (χ1v) is 6.48. The van der Waals surface area contributed by atoms with E-state index in [1.807, 2.05) is 0 Å². The minimum Gasteiger partial charge on any atom is -0.283 e. The van der Waals surface area contributed by atoms with Gasteiger partial charge in [0.2, 0.25) is 0 Å². The van der Waals surface area contributed by atoms with Crippen LogP contribution in [-0.4, -0.2) is 15.0 Å². The highest BCUT2D eigenvalue weighted by molar-refractivity contribution is 6.33. The highest BCUT2D eigenvalue weighted by Crippen LogP contribution is 2.18. The zero-order chi connectivity index (χ0) is 16.4. The lowest BCUT2D eigenvalue weighted by atomic mass is 10.2. The second-order valence-corrected chi connectivity index (χ2v) is 4.85. The second kappa shape index (κ2) is 6.02. The molecule has 22 heavy (non-hydrogen) atoms. The number of halogens is 2. The normalized spacial score (nSPS) is 10.4. The number of hydrazine groups is 1. The van der Waals surface area contributed by atoms with Crippen LogP contribution >= 0.6 is 11.6 Å². The van der Waals surface area contributed by atoms with Crippen LogP contribution in [0.2, 0.25) is 5.02 Å².